The number of anilines is 1. The molecule has 7 nitrogen and oxygen atoms in total. The Labute approximate surface area is 185 Å². The Bertz CT molecular complexity index is 1170. The fraction of sp³-hybridized carbons (Fsp3) is 0.160. The first kappa shape index (κ1) is 21.1. The lowest BCUT2D eigenvalue weighted by atomic mass is 9.98. The van der Waals surface area contributed by atoms with Crippen LogP contribution in [-0.4, -0.2) is 24.2 Å². The van der Waals surface area contributed by atoms with Gasteiger partial charge in [0, 0.05) is 29.8 Å². The SMILES string of the molecule is Cc1cc(C=CCNC(=O)OCC2c3ccccc3-c3ccccc32)c(N)cc1[N+](=O)[O-]. The standard InChI is InChI=1S/C25H23N3O4/c1-16-13-17(23(26)14-24(16)28(30)31)7-6-12-27-25(29)32-15-22-20-10-4-2-8-18(20)19-9-3-5-11-21(19)22/h2-11,13-14,22H,12,15,26H2,1H3,(H,27,29). The van der Waals surface area contributed by atoms with E-state index in [1.165, 1.54) is 17.2 Å². The predicted octanol–water partition coefficient (Wildman–Crippen LogP) is 5.04. The van der Waals surface area contributed by atoms with E-state index in [1.54, 1.807) is 25.1 Å². The first-order valence-corrected chi connectivity index (χ1v) is 10.3. The smallest absolute Gasteiger partial charge is 0.407 e. The summed E-state index contributed by atoms with van der Waals surface area (Å²) in [6.45, 7) is 2.15. The summed E-state index contributed by atoms with van der Waals surface area (Å²) < 4.78 is 5.49. The summed E-state index contributed by atoms with van der Waals surface area (Å²) in [4.78, 5) is 22.7. The minimum Gasteiger partial charge on any atom is -0.449 e. The lowest BCUT2D eigenvalue weighted by molar-refractivity contribution is -0.385. The van der Waals surface area contributed by atoms with Gasteiger partial charge < -0.3 is 15.8 Å². The average molecular weight is 429 g/mol. The van der Waals surface area contributed by atoms with E-state index in [2.05, 4.69) is 29.6 Å². The number of rotatable bonds is 6. The van der Waals surface area contributed by atoms with Gasteiger partial charge in [-0.05, 0) is 40.8 Å². The van der Waals surface area contributed by atoms with Gasteiger partial charge in [0.1, 0.15) is 6.61 Å². The van der Waals surface area contributed by atoms with Crippen LogP contribution in [-0.2, 0) is 4.74 Å². The van der Waals surface area contributed by atoms with E-state index in [4.69, 9.17) is 10.5 Å². The van der Waals surface area contributed by atoms with Crippen LogP contribution in [0, 0.1) is 17.0 Å². The fourth-order valence-corrected chi connectivity index (χ4v) is 4.05. The highest BCUT2D eigenvalue weighted by atomic mass is 16.6. The number of nitro groups is 1. The maximum absolute atomic E-state index is 12.2. The molecule has 0 fully saturated rings. The van der Waals surface area contributed by atoms with Gasteiger partial charge in [-0.3, -0.25) is 10.1 Å². The summed E-state index contributed by atoms with van der Waals surface area (Å²) >= 11 is 0. The predicted molar refractivity (Wildman–Crippen MR) is 124 cm³/mol. The molecule has 7 heteroatoms. The van der Waals surface area contributed by atoms with Crippen molar-refractivity contribution in [2.45, 2.75) is 12.8 Å². The molecule has 0 aliphatic heterocycles. The van der Waals surface area contributed by atoms with Crippen molar-refractivity contribution in [1.82, 2.24) is 5.32 Å². The number of benzene rings is 3. The van der Waals surface area contributed by atoms with Gasteiger partial charge in [-0.25, -0.2) is 4.79 Å². The van der Waals surface area contributed by atoms with Gasteiger partial charge in [-0.15, -0.1) is 0 Å². The van der Waals surface area contributed by atoms with Crippen LogP contribution >= 0.6 is 0 Å². The number of amides is 1. The molecule has 0 saturated carbocycles. The number of carbonyl (C=O) groups excluding carboxylic acids is 1. The summed E-state index contributed by atoms with van der Waals surface area (Å²) in [5.74, 6) is 0.00609. The number of nitrogen functional groups attached to an aromatic ring is 1. The van der Waals surface area contributed by atoms with Crippen LogP contribution in [0.1, 0.15) is 28.2 Å². The van der Waals surface area contributed by atoms with E-state index in [9.17, 15) is 14.9 Å². The number of alkyl carbamates (subject to hydrolysis) is 1. The van der Waals surface area contributed by atoms with Gasteiger partial charge in [0.2, 0.25) is 0 Å². The average Bonchev–Trinajstić information content (AvgIpc) is 3.11. The Kier molecular flexibility index (Phi) is 5.89. The molecule has 0 unspecified atom stereocenters. The number of nitrogens with two attached hydrogens (primary N) is 1. The highest BCUT2D eigenvalue weighted by molar-refractivity contribution is 5.79. The largest absolute Gasteiger partial charge is 0.449 e. The lowest BCUT2D eigenvalue weighted by Crippen LogP contribution is -2.26. The van der Waals surface area contributed by atoms with Gasteiger partial charge in [0.15, 0.2) is 0 Å². The number of fused-ring (bicyclic) bond motifs is 3. The molecule has 3 N–H and O–H groups in total. The number of carbonyl (C=O) groups is 1. The molecule has 162 valence electrons. The third-order valence-corrected chi connectivity index (χ3v) is 5.60. The highest BCUT2D eigenvalue weighted by Gasteiger charge is 2.28. The topological polar surface area (TPSA) is 107 Å². The number of hydrogen-bond acceptors (Lipinski definition) is 5. The van der Waals surface area contributed by atoms with E-state index >= 15 is 0 Å². The maximum atomic E-state index is 12.2. The number of ether oxygens (including phenoxy) is 1. The van der Waals surface area contributed by atoms with Crippen LogP contribution in [0.4, 0.5) is 16.2 Å². The van der Waals surface area contributed by atoms with Gasteiger partial charge >= 0.3 is 6.09 Å². The van der Waals surface area contributed by atoms with Crippen molar-refractivity contribution in [2.75, 3.05) is 18.9 Å². The van der Waals surface area contributed by atoms with Crippen LogP contribution in [0.15, 0.2) is 66.7 Å². The number of nitrogens with one attached hydrogen (secondary N) is 1. The van der Waals surface area contributed by atoms with Crippen LogP contribution in [0.5, 0.6) is 0 Å². The third kappa shape index (κ3) is 4.18. The zero-order valence-electron chi connectivity index (χ0n) is 17.6. The summed E-state index contributed by atoms with van der Waals surface area (Å²) in [5.41, 5.74) is 12.0. The van der Waals surface area contributed by atoms with Crippen LogP contribution < -0.4 is 11.1 Å². The van der Waals surface area contributed by atoms with Crippen molar-refractivity contribution in [1.29, 1.82) is 0 Å². The Balaban J connectivity index is 1.34. The number of aryl methyl sites for hydroxylation is 1. The van der Waals surface area contributed by atoms with Gasteiger partial charge in [0.05, 0.1) is 4.92 Å². The molecular weight excluding hydrogens is 406 g/mol. The first-order valence-electron chi connectivity index (χ1n) is 10.3. The van der Waals surface area contributed by atoms with E-state index in [0.29, 0.717) is 16.8 Å². The van der Waals surface area contributed by atoms with E-state index in [0.717, 1.165) is 11.1 Å². The Hall–Kier alpha value is -4.13. The normalized spacial score (nSPS) is 12.4. The minimum atomic E-state index is -0.510. The number of nitrogens with zero attached hydrogens (tertiary/aromatic N) is 1. The van der Waals surface area contributed by atoms with Crippen molar-refractivity contribution in [3.63, 3.8) is 0 Å². The molecule has 0 radical (unpaired) electrons. The Morgan fingerprint density at radius 3 is 2.38 bits per heavy atom. The van der Waals surface area contributed by atoms with E-state index in [1.807, 2.05) is 24.3 Å². The summed E-state index contributed by atoms with van der Waals surface area (Å²) in [6.07, 6.45) is 2.93. The first-order chi connectivity index (χ1) is 15.5. The summed E-state index contributed by atoms with van der Waals surface area (Å²) in [5, 5.41) is 13.7. The molecule has 0 heterocycles. The van der Waals surface area contributed by atoms with E-state index in [-0.39, 0.29) is 24.8 Å². The minimum absolute atomic E-state index is 0.00609. The van der Waals surface area contributed by atoms with Crippen LogP contribution in [0.25, 0.3) is 17.2 Å². The summed E-state index contributed by atoms with van der Waals surface area (Å²) in [6, 6.07) is 19.3. The second kappa shape index (κ2) is 8.93. The quantitative estimate of drug-likeness (QED) is 0.324. The molecule has 1 aliphatic rings. The zero-order chi connectivity index (χ0) is 22.7. The van der Waals surface area contributed by atoms with Gasteiger partial charge in [-0.1, -0.05) is 60.7 Å². The molecule has 1 aliphatic carbocycles. The van der Waals surface area contributed by atoms with Crippen molar-refractivity contribution in [2.24, 2.45) is 0 Å². The van der Waals surface area contributed by atoms with Crippen LogP contribution in [0.2, 0.25) is 0 Å². The molecule has 4 rings (SSSR count). The molecule has 0 aromatic heterocycles. The van der Waals surface area contributed by atoms with Gasteiger partial charge in [-0.2, -0.15) is 0 Å². The molecule has 0 atom stereocenters. The third-order valence-electron chi connectivity index (χ3n) is 5.60. The van der Waals surface area contributed by atoms with E-state index < -0.39 is 11.0 Å². The monoisotopic (exact) mass is 429 g/mol. The number of nitro benzene ring substituents is 1. The Morgan fingerprint density at radius 1 is 1.12 bits per heavy atom. The zero-order valence-corrected chi connectivity index (χ0v) is 17.6. The van der Waals surface area contributed by atoms with Crippen molar-refractivity contribution in [3.8, 4) is 11.1 Å². The molecule has 0 bridgehead atoms. The maximum Gasteiger partial charge on any atom is 0.407 e. The van der Waals surface area contributed by atoms with Crippen LogP contribution in [0.3, 0.4) is 0 Å². The molecule has 0 spiro atoms. The molecule has 1 amide bonds. The molecule has 32 heavy (non-hydrogen) atoms. The highest BCUT2D eigenvalue weighted by Crippen LogP contribution is 2.44. The fourth-order valence-electron chi connectivity index (χ4n) is 4.05. The molecule has 0 saturated heterocycles. The van der Waals surface area contributed by atoms with Crippen molar-refractivity contribution in [3.05, 3.63) is 99.1 Å². The number of hydrogen-bond donors (Lipinski definition) is 2. The molecule has 3 aromatic rings. The Morgan fingerprint density at radius 2 is 1.75 bits per heavy atom. The van der Waals surface area contributed by atoms with Crippen molar-refractivity contribution >= 4 is 23.5 Å². The van der Waals surface area contributed by atoms with Crippen molar-refractivity contribution < 1.29 is 14.5 Å². The molecular formula is C25H23N3O4. The summed E-state index contributed by atoms with van der Waals surface area (Å²) in [7, 11) is 0. The van der Waals surface area contributed by atoms with Gasteiger partial charge in [0.25, 0.3) is 5.69 Å². The lowest BCUT2D eigenvalue weighted by Gasteiger charge is -2.14. The molecule has 3 aromatic carbocycles. The second-order valence-electron chi connectivity index (χ2n) is 7.63. The second-order valence-corrected chi connectivity index (χ2v) is 7.63.